The second-order valence-corrected chi connectivity index (χ2v) is 5.53. The zero-order valence-electron chi connectivity index (χ0n) is 13.3. The molecule has 2 rings (SSSR count). The molecule has 2 aromatic rings. The van der Waals surface area contributed by atoms with Crippen molar-refractivity contribution >= 4 is 11.9 Å². The van der Waals surface area contributed by atoms with E-state index in [2.05, 4.69) is 10.6 Å². The molecule has 0 heterocycles. The number of carbonyl (C=O) groups excluding carboxylic acids is 2. The van der Waals surface area contributed by atoms with Crippen LogP contribution < -0.4 is 16.4 Å². The Labute approximate surface area is 140 Å². The monoisotopic (exact) mass is 329 g/mol. The molecule has 6 heteroatoms. The van der Waals surface area contributed by atoms with Gasteiger partial charge in [-0.15, -0.1) is 0 Å². The van der Waals surface area contributed by atoms with Gasteiger partial charge >= 0.3 is 6.03 Å². The second-order valence-electron chi connectivity index (χ2n) is 5.53. The largest absolute Gasteiger partial charge is 0.352 e. The Hall–Kier alpha value is -2.89. The van der Waals surface area contributed by atoms with Crippen molar-refractivity contribution in [2.45, 2.75) is 25.4 Å². The third-order valence-corrected chi connectivity index (χ3v) is 3.62. The van der Waals surface area contributed by atoms with Crippen LogP contribution in [-0.4, -0.2) is 18.0 Å². The molecule has 0 aliphatic rings. The van der Waals surface area contributed by atoms with E-state index in [4.69, 9.17) is 5.73 Å². The van der Waals surface area contributed by atoms with Gasteiger partial charge < -0.3 is 16.4 Å². The summed E-state index contributed by atoms with van der Waals surface area (Å²) in [5.74, 6) is -0.650. The first kappa shape index (κ1) is 17.5. The number of rotatable bonds is 6. The first-order chi connectivity index (χ1) is 11.5. The number of primary amides is 1. The van der Waals surface area contributed by atoms with E-state index in [9.17, 15) is 14.0 Å². The molecular weight excluding hydrogens is 309 g/mol. The van der Waals surface area contributed by atoms with Crippen molar-refractivity contribution in [1.82, 2.24) is 10.6 Å². The van der Waals surface area contributed by atoms with Gasteiger partial charge in [0.25, 0.3) is 0 Å². The molecule has 126 valence electrons. The van der Waals surface area contributed by atoms with Crippen LogP contribution in [0.2, 0.25) is 0 Å². The summed E-state index contributed by atoms with van der Waals surface area (Å²) in [5, 5.41) is 5.25. The van der Waals surface area contributed by atoms with Crippen molar-refractivity contribution in [2.24, 2.45) is 5.73 Å². The molecule has 0 aromatic heterocycles. The maximum atomic E-state index is 13.1. The Morgan fingerprint density at radius 3 is 2.25 bits per heavy atom. The normalized spacial score (nSPS) is 12.9. The molecule has 0 aliphatic heterocycles. The van der Waals surface area contributed by atoms with Gasteiger partial charge in [-0.1, -0.05) is 42.5 Å². The third-order valence-electron chi connectivity index (χ3n) is 3.62. The number of carbonyl (C=O) groups is 2. The number of urea groups is 1. The van der Waals surface area contributed by atoms with Crippen molar-refractivity contribution in [3.05, 3.63) is 71.5 Å². The van der Waals surface area contributed by atoms with E-state index < -0.39 is 12.1 Å². The number of nitrogens with one attached hydrogen (secondary N) is 2. The van der Waals surface area contributed by atoms with Gasteiger partial charge in [-0.05, 0) is 36.6 Å². The molecule has 0 aliphatic carbocycles. The highest BCUT2D eigenvalue weighted by atomic mass is 19.1. The lowest BCUT2D eigenvalue weighted by Gasteiger charge is -2.22. The SMILES string of the molecule is C[C@H](NC(N)=O)C(=O)N[C@@H](Cc1ccc(F)cc1)c1ccccc1. The molecule has 24 heavy (non-hydrogen) atoms. The lowest BCUT2D eigenvalue weighted by molar-refractivity contribution is -0.123. The van der Waals surface area contributed by atoms with Gasteiger partial charge in [0, 0.05) is 0 Å². The standard InChI is InChI=1S/C18H20FN3O2/c1-12(21-18(20)24)17(23)22-16(14-5-3-2-4-6-14)11-13-7-9-15(19)10-8-13/h2-10,12,16H,11H2,1H3,(H,22,23)(H3,20,21,24)/t12-,16-/m0/s1. The summed E-state index contributed by atoms with van der Waals surface area (Å²) >= 11 is 0. The molecule has 4 N–H and O–H groups in total. The minimum absolute atomic E-state index is 0.304. The first-order valence-electron chi connectivity index (χ1n) is 7.61. The van der Waals surface area contributed by atoms with E-state index in [1.165, 1.54) is 12.1 Å². The zero-order chi connectivity index (χ0) is 17.5. The van der Waals surface area contributed by atoms with E-state index in [1.807, 2.05) is 30.3 Å². The topological polar surface area (TPSA) is 84.2 Å². The van der Waals surface area contributed by atoms with Gasteiger partial charge in [0.05, 0.1) is 6.04 Å². The quantitative estimate of drug-likeness (QED) is 0.759. The highest BCUT2D eigenvalue weighted by molar-refractivity contribution is 5.86. The molecule has 2 aromatic carbocycles. The minimum atomic E-state index is -0.757. The number of hydrogen-bond donors (Lipinski definition) is 3. The number of nitrogens with two attached hydrogens (primary N) is 1. The van der Waals surface area contributed by atoms with Gasteiger partial charge in [-0.3, -0.25) is 4.79 Å². The third kappa shape index (κ3) is 5.08. The summed E-state index contributed by atoms with van der Waals surface area (Å²) in [5.41, 5.74) is 6.85. The minimum Gasteiger partial charge on any atom is -0.352 e. The maximum Gasteiger partial charge on any atom is 0.312 e. The lowest BCUT2D eigenvalue weighted by Crippen LogP contribution is -2.47. The van der Waals surface area contributed by atoms with Crippen LogP contribution in [0.25, 0.3) is 0 Å². The van der Waals surface area contributed by atoms with Crippen LogP contribution in [0.1, 0.15) is 24.1 Å². The highest BCUT2D eigenvalue weighted by Crippen LogP contribution is 2.19. The van der Waals surface area contributed by atoms with E-state index >= 15 is 0 Å². The molecule has 5 nitrogen and oxygen atoms in total. The molecule has 0 saturated carbocycles. The number of benzene rings is 2. The van der Waals surface area contributed by atoms with Crippen LogP contribution in [0.3, 0.4) is 0 Å². The Morgan fingerprint density at radius 2 is 1.67 bits per heavy atom. The summed E-state index contributed by atoms with van der Waals surface area (Å²) in [6.07, 6.45) is 0.499. The van der Waals surface area contributed by atoms with Crippen LogP contribution in [0.4, 0.5) is 9.18 Å². The van der Waals surface area contributed by atoms with Crippen molar-refractivity contribution in [3.8, 4) is 0 Å². The Balaban J connectivity index is 2.15. The van der Waals surface area contributed by atoms with E-state index in [1.54, 1.807) is 19.1 Å². The van der Waals surface area contributed by atoms with Crippen LogP contribution in [0.15, 0.2) is 54.6 Å². The summed E-state index contributed by atoms with van der Waals surface area (Å²) < 4.78 is 13.1. The average Bonchev–Trinajstić information content (AvgIpc) is 2.56. The van der Waals surface area contributed by atoms with E-state index in [-0.39, 0.29) is 17.8 Å². The molecular formula is C18H20FN3O2. The molecule has 0 spiro atoms. The van der Waals surface area contributed by atoms with Crippen molar-refractivity contribution in [1.29, 1.82) is 0 Å². The van der Waals surface area contributed by atoms with E-state index in [0.29, 0.717) is 6.42 Å². The average molecular weight is 329 g/mol. The van der Waals surface area contributed by atoms with Gasteiger partial charge in [-0.2, -0.15) is 0 Å². The summed E-state index contributed by atoms with van der Waals surface area (Å²) in [4.78, 5) is 23.2. The molecule has 0 unspecified atom stereocenters. The van der Waals surface area contributed by atoms with Gasteiger partial charge in [0.2, 0.25) is 5.91 Å². The molecule has 3 amide bonds. The zero-order valence-corrected chi connectivity index (χ0v) is 13.3. The van der Waals surface area contributed by atoms with Crippen LogP contribution in [0, 0.1) is 5.82 Å². The fourth-order valence-electron chi connectivity index (χ4n) is 2.37. The fraction of sp³-hybridized carbons (Fsp3) is 0.222. The van der Waals surface area contributed by atoms with Gasteiger partial charge in [0.1, 0.15) is 11.9 Å². The lowest BCUT2D eigenvalue weighted by atomic mass is 9.98. The molecule has 0 bridgehead atoms. The van der Waals surface area contributed by atoms with Crippen LogP contribution in [0.5, 0.6) is 0 Å². The predicted octanol–water partition coefficient (Wildman–Crippen LogP) is 2.28. The molecule has 0 radical (unpaired) electrons. The molecule has 0 fully saturated rings. The van der Waals surface area contributed by atoms with Crippen molar-refractivity contribution in [3.63, 3.8) is 0 Å². The highest BCUT2D eigenvalue weighted by Gasteiger charge is 2.20. The number of halogens is 1. The fourth-order valence-corrected chi connectivity index (χ4v) is 2.37. The summed E-state index contributed by atoms with van der Waals surface area (Å²) in [7, 11) is 0. The van der Waals surface area contributed by atoms with Crippen LogP contribution >= 0.6 is 0 Å². The second kappa shape index (κ2) is 8.10. The van der Waals surface area contributed by atoms with Crippen LogP contribution in [-0.2, 0) is 11.2 Å². The summed E-state index contributed by atoms with van der Waals surface area (Å²) in [6.45, 7) is 1.56. The Kier molecular flexibility index (Phi) is 5.89. The predicted molar refractivity (Wildman–Crippen MR) is 89.6 cm³/mol. The van der Waals surface area contributed by atoms with Crippen molar-refractivity contribution < 1.29 is 14.0 Å². The molecule has 2 atom stereocenters. The molecule has 0 saturated heterocycles. The maximum absolute atomic E-state index is 13.1. The summed E-state index contributed by atoms with van der Waals surface area (Å²) in [6, 6.07) is 13.8. The van der Waals surface area contributed by atoms with Gasteiger partial charge in [0.15, 0.2) is 0 Å². The number of hydrogen-bond acceptors (Lipinski definition) is 2. The first-order valence-corrected chi connectivity index (χ1v) is 7.61. The smallest absolute Gasteiger partial charge is 0.312 e. The van der Waals surface area contributed by atoms with Crippen molar-refractivity contribution in [2.75, 3.05) is 0 Å². The Bertz CT molecular complexity index is 689. The Morgan fingerprint density at radius 1 is 1.04 bits per heavy atom. The van der Waals surface area contributed by atoms with E-state index in [0.717, 1.165) is 11.1 Å². The van der Waals surface area contributed by atoms with Gasteiger partial charge in [-0.25, -0.2) is 9.18 Å². The number of amides is 3.